The number of urea groups is 1. The zero-order chi connectivity index (χ0) is 18.6. The molecule has 10 heteroatoms. The number of alkyl halides is 3. The summed E-state index contributed by atoms with van der Waals surface area (Å²) in [4.78, 5) is 11.9. The second kappa shape index (κ2) is 7.34. The lowest BCUT2D eigenvalue weighted by atomic mass is 10.1. The average molecular weight is 362 g/mol. The quantitative estimate of drug-likeness (QED) is 0.720. The number of aliphatic hydroxyl groups excluding tert-OH is 1. The number of carbonyl (C=O) groups excluding carboxylic acids is 1. The molecule has 0 aliphatic carbocycles. The zero-order valence-corrected chi connectivity index (χ0v) is 12.3. The Bertz CT molecular complexity index is 780. The molecule has 0 radical (unpaired) electrons. The van der Waals surface area contributed by atoms with Crippen molar-refractivity contribution >= 4 is 17.4 Å². The van der Waals surface area contributed by atoms with Crippen LogP contribution in [0.25, 0.3) is 0 Å². The normalized spacial score (nSPS) is 11.1. The van der Waals surface area contributed by atoms with Crippen LogP contribution in [0.3, 0.4) is 0 Å². The predicted octanol–water partition coefficient (Wildman–Crippen LogP) is 4.00. The molecule has 0 saturated heterocycles. The maximum absolute atomic E-state index is 13.5. The molecule has 5 nitrogen and oxygen atoms in total. The first-order valence-electron chi connectivity index (χ1n) is 6.70. The summed E-state index contributed by atoms with van der Waals surface area (Å²) in [5, 5.41) is 13.4. The summed E-state index contributed by atoms with van der Waals surface area (Å²) in [6.07, 6.45) is -4.89. The van der Waals surface area contributed by atoms with E-state index in [9.17, 15) is 26.7 Å². The third-order valence-corrected chi connectivity index (χ3v) is 2.89. The van der Waals surface area contributed by atoms with Gasteiger partial charge in [-0.25, -0.2) is 13.6 Å². The minimum atomic E-state index is -4.89. The predicted molar refractivity (Wildman–Crippen MR) is 78.0 cm³/mol. The van der Waals surface area contributed by atoms with E-state index in [1.165, 1.54) is 12.1 Å². The minimum Gasteiger partial charge on any atom is -0.406 e. The topological polar surface area (TPSA) is 70.6 Å². The monoisotopic (exact) mass is 362 g/mol. The summed E-state index contributed by atoms with van der Waals surface area (Å²) in [7, 11) is 0. The van der Waals surface area contributed by atoms with Crippen LogP contribution in [-0.2, 0) is 6.61 Å². The number of rotatable bonds is 4. The van der Waals surface area contributed by atoms with E-state index in [1.807, 2.05) is 0 Å². The van der Waals surface area contributed by atoms with Crippen LogP contribution in [0.2, 0.25) is 0 Å². The number of amides is 2. The third kappa shape index (κ3) is 5.31. The number of carbonyl (C=O) groups is 1. The number of hydrogen-bond donors (Lipinski definition) is 3. The first-order chi connectivity index (χ1) is 11.7. The highest BCUT2D eigenvalue weighted by Crippen LogP contribution is 2.25. The number of aliphatic hydroxyl groups is 1. The number of hydrogen-bond acceptors (Lipinski definition) is 3. The van der Waals surface area contributed by atoms with Crippen LogP contribution in [0, 0.1) is 11.6 Å². The van der Waals surface area contributed by atoms with Crippen molar-refractivity contribution in [3.63, 3.8) is 0 Å². The molecule has 0 bridgehead atoms. The fourth-order valence-electron chi connectivity index (χ4n) is 1.93. The maximum Gasteiger partial charge on any atom is 0.573 e. The number of ether oxygens (including phenoxy) is 1. The molecule has 134 valence electrons. The van der Waals surface area contributed by atoms with Gasteiger partial charge in [-0.15, -0.1) is 13.2 Å². The van der Waals surface area contributed by atoms with Gasteiger partial charge in [0.25, 0.3) is 0 Å². The molecule has 2 amide bonds. The van der Waals surface area contributed by atoms with Gasteiger partial charge >= 0.3 is 12.4 Å². The number of benzene rings is 2. The van der Waals surface area contributed by atoms with Crippen LogP contribution in [0.5, 0.6) is 5.75 Å². The molecule has 0 atom stereocenters. The van der Waals surface area contributed by atoms with Gasteiger partial charge in [0.15, 0.2) is 0 Å². The zero-order valence-electron chi connectivity index (χ0n) is 12.3. The summed E-state index contributed by atoms with van der Waals surface area (Å²) < 4.78 is 66.9. The molecule has 0 unspecified atom stereocenters. The van der Waals surface area contributed by atoms with Crippen molar-refractivity contribution in [3.8, 4) is 5.75 Å². The fraction of sp³-hybridized carbons (Fsp3) is 0.133. The van der Waals surface area contributed by atoms with E-state index >= 15 is 0 Å². The van der Waals surface area contributed by atoms with Crippen LogP contribution in [0.1, 0.15) is 5.56 Å². The van der Waals surface area contributed by atoms with E-state index in [2.05, 4.69) is 15.4 Å². The molecular weight excluding hydrogens is 351 g/mol. The first-order valence-corrected chi connectivity index (χ1v) is 6.70. The van der Waals surface area contributed by atoms with Crippen molar-refractivity contribution in [2.24, 2.45) is 0 Å². The van der Waals surface area contributed by atoms with Gasteiger partial charge in [-0.3, -0.25) is 0 Å². The van der Waals surface area contributed by atoms with Crippen molar-refractivity contribution < 1.29 is 36.6 Å². The standard InChI is InChI=1S/C15H11F5N2O3/c16-8-4-12(17)11(7-23)13(5-8)22-14(24)21-9-2-1-3-10(6-9)25-15(18,19)20/h1-6,23H,7H2,(H2,21,22,24). The molecule has 0 spiro atoms. The Labute approximate surface area is 138 Å². The largest absolute Gasteiger partial charge is 0.573 e. The Morgan fingerprint density at radius 2 is 1.84 bits per heavy atom. The molecule has 0 saturated carbocycles. The Morgan fingerprint density at radius 1 is 1.12 bits per heavy atom. The molecule has 2 rings (SSSR count). The summed E-state index contributed by atoms with van der Waals surface area (Å²) in [6, 6.07) is 4.77. The molecular formula is C15H11F5N2O3. The van der Waals surface area contributed by atoms with Crippen molar-refractivity contribution in [2.75, 3.05) is 10.6 Å². The van der Waals surface area contributed by atoms with Crippen LogP contribution >= 0.6 is 0 Å². The third-order valence-electron chi connectivity index (χ3n) is 2.89. The van der Waals surface area contributed by atoms with Crippen LogP contribution in [0.4, 0.5) is 38.1 Å². The van der Waals surface area contributed by atoms with Crippen molar-refractivity contribution in [2.45, 2.75) is 13.0 Å². The number of halogens is 5. The van der Waals surface area contributed by atoms with Gasteiger partial charge in [-0.1, -0.05) is 6.07 Å². The highest BCUT2D eigenvalue weighted by molar-refractivity contribution is 6.00. The Hall–Kier alpha value is -2.88. The van der Waals surface area contributed by atoms with E-state index in [4.69, 9.17) is 5.11 Å². The maximum atomic E-state index is 13.5. The Kier molecular flexibility index (Phi) is 5.42. The summed E-state index contributed by atoms with van der Waals surface area (Å²) in [5.41, 5.74) is -0.715. The minimum absolute atomic E-state index is 0.0540. The highest BCUT2D eigenvalue weighted by atomic mass is 19.4. The van der Waals surface area contributed by atoms with Crippen molar-refractivity contribution in [1.82, 2.24) is 0 Å². The van der Waals surface area contributed by atoms with Crippen LogP contribution in [-0.4, -0.2) is 17.5 Å². The SMILES string of the molecule is O=C(Nc1cccc(OC(F)(F)F)c1)Nc1cc(F)cc(F)c1CO. The second-order valence-corrected chi connectivity index (χ2v) is 4.73. The molecule has 2 aromatic carbocycles. The molecule has 2 aromatic rings. The van der Waals surface area contributed by atoms with Gasteiger partial charge in [-0.05, 0) is 18.2 Å². The molecule has 25 heavy (non-hydrogen) atoms. The van der Waals surface area contributed by atoms with Crippen LogP contribution < -0.4 is 15.4 Å². The fourth-order valence-corrected chi connectivity index (χ4v) is 1.93. The molecule has 0 aliphatic heterocycles. The number of nitrogens with one attached hydrogen (secondary N) is 2. The summed E-state index contributed by atoms with van der Waals surface area (Å²) in [6.45, 7) is -0.795. The summed E-state index contributed by atoms with van der Waals surface area (Å²) >= 11 is 0. The lowest BCUT2D eigenvalue weighted by Crippen LogP contribution is -2.21. The van der Waals surface area contributed by atoms with Gasteiger partial charge in [0.1, 0.15) is 17.4 Å². The highest BCUT2D eigenvalue weighted by Gasteiger charge is 2.31. The first kappa shape index (κ1) is 18.5. The molecule has 0 heterocycles. The smallest absolute Gasteiger partial charge is 0.406 e. The Morgan fingerprint density at radius 3 is 2.48 bits per heavy atom. The van der Waals surface area contributed by atoms with Gasteiger partial charge < -0.3 is 20.5 Å². The van der Waals surface area contributed by atoms with Gasteiger partial charge in [0, 0.05) is 23.4 Å². The van der Waals surface area contributed by atoms with Crippen molar-refractivity contribution in [1.29, 1.82) is 0 Å². The second-order valence-electron chi connectivity index (χ2n) is 4.73. The van der Waals surface area contributed by atoms with E-state index in [0.29, 0.717) is 6.07 Å². The van der Waals surface area contributed by atoms with Gasteiger partial charge in [-0.2, -0.15) is 0 Å². The summed E-state index contributed by atoms with van der Waals surface area (Å²) in [5.74, 6) is -2.60. The van der Waals surface area contributed by atoms with E-state index in [1.54, 1.807) is 0 Å². The van der Waals surface area contributed by atoms with E-state index in [0.717, 1.165) is 18.2 Å². The average Bonchev–Trinajstić information content (AvgIpc) is 2.45. The number of anilines is 2. The molecule has 0 aromatic heterocycles. The molecule has 0 aliphatic rings. The van der Waals surface area contributed by atoms with Crippen LogP contribution in [0.15, 0.2) is 36.4 Å². The Balaban J connectivity index is 2.12. The van der Waals surface area contributed by atoms with E-state index in [-0.39, 0.29) is 16.9 Å². The van der Waals surface area contributed by atoms with Gasteiger partial charge in [0.05, 0.1) is 12.3 Å². The molecule has 3 N–H and O–H groups in total. The lowest BCUT2D eigenvalue weighted by Gasteiger charge is -2.13. The van der Waals surface area contributed by atoms with Crippen molar-refractivity contribution in [3.05, 3.63) is 53.6 Å². The van der Waals surface area contributed by atoms with Gasteiger partial charge in [0.2, 0.25) is 0 Å². The lowest BCUT2D eigenvalue weighted by molar-refractivity contribution is -0.274. The molecule has 0 fully saturated rings. The van der Waals surface area contributed by atoms with E-state index < -0.39 is 36.4 Å².